The fourth-order valence-corrected chi connectivity index (χ4v) is 9.82. The molecule has 1 aromatic heterocycles. The van der Waals surface area contributed by atoms with Crippen molar-refractivity contribution in [1.82, 2.24) is 4.98 Å². The second-order valence-corrected chi connectivity index (χ2v) is 15.8. The summed E-state index contributed by atoms with van der Waals surface area (Å²) in [6.07, 6.45) is 0. The minimum absolute atomic E-state index is 0.123. The molecule has 9 aromatic carbocycles. The summed E-state index contributed by atoms with van der Waals surface area (Å²) < 4.78 is 1.21. The molecule has 0 aliphatic heterocycles. The number of nitrogens with zero attached hydrogens (tertiary/aromatic N) is 1. The molecule has 1 heterocycles. The van der Waals surface area contributed by atoms with Crippen molar-refractivity contribution >= 4 is 64.6 Å². The molecule has 0 unspecified atom stereocenters. The minimum Gasteiger partial charge on any atom is -0.236 e. The van der Waals surface area contributed by atoms with Crippen LogP contribution in [0.15, 0.2) is 164 Å². The van der Waals surface area contributed by atoms with Gasteiger partial charge in [-0.2, -0.15) is 0 Å². The summed E-state index contributed by atoms with van der Waals surface area (Å²) in [6.45, 7) is 4.77. The molecule has 0 atom stereocenters. The lowest BCUT2D eigenvalue weighted by molar-refractivity contribution is 0.661. The smallest absolute Gasteiger partial charge is 0.124 e. The third-order valence-electron chi connectivity index (χ3n) is 11.4. The van der Waals surface area contributed by atoms with E-state index in [1.807, 2.05) is 0 Å². The number of benzene rings is 9. The van der Waals surface area contributed by atoms with Crippen LogP contribution in [-0.2, 0) is 5.41 Å². The van der Waals surface area contributed by atoms with E-state index < -0.39 is 0 Å². The Morgan fingerprint density at radius 1 is 0.423 bits per heavy atom. The maximum absolute atomic E-state index is 5.12. The van der Waals surface area contributed by atoms with Gasteiger partial charge in [0.05, 0.1) is 10.2 Å². The normalized spacial score (nSPS) is 13.3. The Kier molecular flexibility index (Phi) is 6.24. The number of fused-ring (bicyclic) bond motifs is 8. The molecule has 0 fully saturated rings. The lowest BCUT2D eigenvalue weighted by atomic mass is 9.79. The molecule has 244 valence electrons. The highest BCUT2D eigenvalue weighted by molar-refractivity contribution is 7.21. The summed E-state index contributed by atoms with van der Waals surface area (Å²) in [4.78, 5) is 5.12. The quantitative estimate of drug-likeness (QED) is 0.169. The van der Waals surface area contributed by atoms with Gasteiger partial charge in [-0.15, -0.1) is 11.3 Å². The van der Waals surface area contributed by atoms with Gasteiger partial charge in [0.2, 0.25) is 0 Å². The van der Waals surface area contributed by atoms with Crippen molar-refractivity contribution in [3.05, 3.63) is 175 Å². The van der Waals surface area contributed by atoms with Crippen molar-refractivity contribution in [2.45, 2.75) is 19.3 Å². The van der Waals surface area contributed by atoms with Gasteiger partial charge in [0, 0.05) is 11.0 Å². The van der Waals surface area contributed by atoms with E-state index in [2.05, 4.69) is 178 Å². The van der Waals surface area contributed by atoms with Crippen molar-refractivity contribution in [3.63, 3.8) is 0 Å². The summed E-state index contributed by atoms with van der Waals surface area (Å²) in [7, 11) is 0. The van der Waals surface area contributed by atoms with E-state index in [9.17, 15) is 0 Å². The van der Waals surface area contributed by atoms with Gasteiger partial charge < -0.3 is 0 Å². The molecule has 0 radical (unpaired) electrons. The molecule has 0 amide bonds. The third-order valence-corrected chi connectivity index (χ3v) is 12.5. The third kappa shape index (κ3) is 4.31. The van der Waals surface area contributed by atoms with Gasteiger partial charge in [-0.25, -0.2) is 4.98 Å². The van der Waals surface area contributed by atoms with E-state index in [0.717, 1.165) is 16.1 Å². The first kappa shape index (κ1) is 29.6. The highest BCUT2D eigenvalue weighted by Gasteiger charge is 2.36. The number of hydrogen-bond donors (Lipinski definition) is 0. The fourth-order valence-electron chi connectivity index (χ4n) is 8.86. The molecule has 1 aliphatic rings. The minimum atomic E-state index is -0.123. The SMILES string of the molecule is CC1(C)c2ccccc2-c2cc3c(-c4ccc5ccccc5c4)c4ccc(-c5nc6ccccc6s5)cc4c(-c4ccc5ccccc5c4)c3cc21. The fraction of sp³-hybridized carbons (Fsp3) is 0.0600. The van der Waals surface area contributed by atoms with Gasteiger partial charge in [-0.05, 0) is 130 Å². The molecular weight excluding hydrogens is 647 g/mol. The van der Waals surface area contributed by atoms with Crippen LogP contribution < -0.4 is 0 Å². The van der Waals surface area contributed by atoms with E-state index in [4.69, 9.17) is 4.98 Å². The van der Waals surface area contributed by atoms with Gasteiger partial charge in [-0.1, -0.05) is 135 Å². The van der Waals surface area contributed by atoms with Crippen LogP contribution >= 0.6 is 11.3 Å². The Balaban J connectivity index is 1.32. The number of aromatic nitrogens is 1. The zero-order chi connectivity index (χ0) is 34.6. The van der Waals surface area contributed by atoms with Crippen LogP contribution in [0.25, 0.3) is 97.3 Å². The Bertz CT molecular complexity index is 3070. The Labute approximate surface area is 306 Å². The van der Waals surface area contributed by atoms with Crippen molar-refractivity contribution in [2.75, 3.05) is 0 Å². The highest BCUT2D eigenvalue weighted by Crippen LogP contribution is 2.53. The number of rotatable bonds is 3. The monoisotopic (exact) mass is 679 g/mol. The molecule has 1 nitrogen and oxygen atoms in total. The average molecular weight is 680 g/mol. The highest BCUT2D eigenvalue weighted by atomic mass is 32.1. The van der Waals surface area contributed by atoms with Gasteiger partial charge in [0.1, 0.15) is 5.01 Å². The van der Waals surface area contributed by atoms with Crippen LogP contribution in [0.3, 0.4) is 0 Å². The van der Waals surface area contributed by atoms with Crippen molar-refractivity contribution < 1.29 is 0 Å². The maximum atomic E-state index is 5.12. The zero-order valence-corrected chi connectivity index (χ0v) is 29.8. The topological polar surface area (TPSA) is 12.9 Å². The first-order valence-electron chi connectivity index (χ1n) is 18.0. The van der Waals surface area contributed by atoms with Gasteiger partial charge in [0.25, 0.3) is 0 Å². The second-order valence-electron chi connectivity index (χ2n) is 14.7. The standard InChI is InChI=1S/C50H33NS/c1-50(2)43-16-8-7-15-37(43)39-28-41-42(29-44(39)50)48(35-22-20-31-12-4-6-14-33(31)26-35)40-27-36(49-51-45-17-9-10-18-46(45)52-49)23-24-38(40)47(41)34-21-19-30-11-3-5-13-32(30)25-34/h3-29H,1-2H3. The van der Waals surface area contributed by atoms with E-state index in [-0.39, 0.29) is 5.41 Å². The summed E-state index contributed by atoms with van der Waals surface area (Å²) in [5.41, 5.74) is 12.5. The Morgan fingerprint density at radius 3 is 1.73 bits per heavy atom. The lowest BCUT2D eigenvalue weighted by Crippen LogP contribution is -2.14. The second kappa shape index (κ2) is 11.0. The summed E-state index contributed by atoms with van der Waals surface area (Å²) >= 11 is 1.77. The van der Waals surface area contributed by atoms with Crippen LogP contribution in [0, 0.1) is 0 Å². The molecule has 11 rings (SSSR count). The van der Waals surface area contributed by atoms with E-state index in [1.165, 1.54) is 92.3 Å². The van der Waals surface area contributed by atoms with Crippen LogP contribution in [0.2, 0.25) is 0 Å². The van der Waals surface area contributed by atoms with Crippen LogP contribution in [0.4, 0.5) is 0 Å². The molecule has 52 heavy (non-hydrogen) atoms. The molecular formula is C50H33NS. The summed E-state index contributed by atoms with van der Waals surface area (Å²) in [5, 5.41) is 11.1. The van der Waals surface area contributed by atoms with Crippen molar-refractivity contribution in [3.8, 4) is 44.0 Å². The first-order chi connectivity index (χ1) is 25.5. The number of para-hydroxylation sites is 1. The van der Waals surface area contributed by atoms with E-state index in [1.54, 1.807) is 11.3 Å². The van der Waals surface area contributed by atoms with Gasteiger partial charge >= 0.3 is 0 Å². The molecule has 2 heteroatoms. The molecule has 0 saturated carbocycles. The molecule has 10 aromatic rings. The van der Waals surface area contributed by atoms with Crippen LogP contribution in [0.5, 0.6) is 0 Å². The first-order valence-corrected chi connectivity index (χ1v) is 18.9. The largest absolute Gasteiger partial charge is 0.236 e. The van der Waals surface area contributed by atoms with Crippen LogP contribution in [-0.4, -0.2) is 4.98 Å². The molecule has 0 spiro atoms. The average Bonchev–Trinajstić information content (AvgIpc) is 3.72. The lowest BCUT2D eigenvalue weighted by Gasteiger charge is -2.24. The summed E-state index contributed by atoms with van der Waals surface area (Å²) in [6, 6.07) is 60.9. The van der Waals surface area contributed by atoms with Gasteiger partial charge in [0.15, 0.2) is 0 Å². The van der Waals surface area contributed by atoms with Crippen LogP contribution in [0.1, 0.15) is 25.0 Å². The number of thiazole rings is 1. The Hall–Kier alpha value is -6.09. The van der Waals surface area contributed by atoms with Crippen molar-refractivity contribution in [1.29, 1.82) is 0 Å². The van der Waals surface area contributed by atoms with E-state index in [0.29, 0.717) is 0 Å². The molecule has 0 saturated heterocycles. The predicted octanol–water partition coefficient (Wildman–Crippen LogP) is 14.2. The molecule has 1 aliphatic carbocycles. The number of hydrogen-bond acceptors (Lipinski definition) is 2. The summed E-state index contributed by atoms with van der Waals surface area (Å²) in [5.74, 6) is 0. The molecule has 0 bridgehead atoms. The Morgan fingerprint density at radius 2 is 1.00 bits per heavy atom. The molecule has 0 N–H and O–H groups in total. The maximum Gasteiger partial charge on any atom is 0.124 e. The van der Waals surface area contributed by atoms with Gasteiger partial charge in [-0.3, -0.25) is 0 Å². The zero-order valence-electron chi connectivity index (χ0n) is 28.9. The predicted molar refractivity (Wildman–Crippen MR) is 224 cm³/mol. The van der Waals surface area contributed by atoms with Crippen molar-refractivity contribution in [2.24, 2.45) is 0 Å². The van der Waals surface area contributed by atoms with E-state index >= 15 is 0 Å².